The summed E-state index contributed by atoms with van der Waals surface area (Å²) < 4.78 is 30.2. The van der Waals surface area contributed by atoms with Crippen molar-refractivity contribution in [3.8, 4) is 0 Å². The molecule has 0 amide bonds. The zero-order valence-electron chi connectivity index (χ0n) is 24.2. The quantitative estimate of drug-likeness (QED) is 0.282. The summed E-state index contributed by atoms with van der Waals surface area (Å²) in [5.74, 6) is -1.44. The lowest BCUT2D eigenvalue weighted by Gasteiger charge is -2.45. The molecular formula is C31H40O8S. The molecule has 0 unspecified atom stereocenters. The topological polar surface area (TPSA) is 97.4 Å². The molecule has 1 aliphatic heterocycles. The Balaban J connectivity index is 2.02. The van der Waals surface area contributed by atoms with Crippen molar-refractivity contribution in [2.24, 2.45) is 10.8 Å². The van der Waals surface area contributed by atoms with E-state index < -0.39 is 58.6 Å². The molecule has 0 spiro atoms. The molecule has 0 radical (unpaired) electrons. The minimum Gasteiger partial charge on any atom is -0.462 e. The van der Waals surface area contributed by atoms with Crippen LogP contribution in [0.15, 0.2) is 65.6 Å². The fourth-order valence-corrected chi connectivity index (χ4v) is 4.96. The van der Waals surface area contributed by atoms with Crippen LogP contribution in [0.3, 0.4) is 0 Å². The molecule has 2 aromatic rings. The highest BCUT2D eigenvalue weighted by atomic mass is 32.2. The van der Waals surface area contributed by atoms with E-state index in [1.807, 2.05) is 60.7 Å². The predicted octanol–water partition coefficient (Wildman–Crippen LogP) is 5.57. The Morgan fingerprint density at radius 3 is 1.90 bits per heavy atom. The molecule has 2 aromatic carbocycles. The molecular weight excluding hydrogens is 532 g/mol. The number of rotatable bonds is 9. The standard InChI is InChI=1S/C31H40O8S/c1-20(32)37-24-23(19-36-28(33)30(2,3)4)38-27(40-22-16-12-9-13-17-22)26(39-29(34)31(5,6)7)25(24)35-18-21-14-10-8-11-15-21/h8-17,23-27H,18-19H2,1-7H3/t23-,24-,25+,26-,27+/m1/s1. The minimum absolute atomic E-state index is 0.171. The normalized spacial score (nSPS) is 23.2. The molecule has 0 aliphatic carbocycles. The average Bonchev–Trinajstić information content (AvgIpc) is 2.88. The second kappa shape index (κ2) is 13.7. The first kappa shape index (κ1) is 31.6. The van der Waals surface area contributed by atoms with Crippen LogP contribution < -0.4 is 0 Å². The van der Waals surface area contributed by atoms with E-state index in [0.29, 0.717) is 0 Å². The molecule has 1 saturated heterocycles. The van der Waals surface area contributed by atoms with E-state index in [4.69, 9.17) is 23.7 Å². The smallest absolute Gasteiger partial charge is 0.311 e. The molecule has 1 heterocycles. The summed E-state index contributed by atoms with van der Waals surface area (Å²) in [5, 5.41) is 0. The largest absolute Gasteiger partial charge is 0.462 e. The van der Waals surface area contributed by atoms with E-state index in [0.717, 1.165) is 10.5 Å². The summed E-state index contributed by atoms with van der Waals surface area (Å²) in [5.41, 5.74) is -1.40. The first-order chi connectivity index (χ1) is 18.8. The molecule has 9 heteroatoms. The van der Waals surface area contributed by atoms with E-state index >= 15 is 0 Å². The molecule has 3 rings (SSSR count). The molecule has 1 aliphatic rings. The number of thioether (sulfide) groups is 1. The fourth-order valence-electron chi connectivity index (χ4n) is 3.83. The number of carbonyl (C=O) groups is 3. The Hall–Kier alpha value is -2.88. The van der Waals surface area contributed by atoms with Crippen LogP contribution in [0, 0.1) is 10.8 Å². The first-order valence-electron chi connectivity index (χ1n) is 13.3. The lowest BCUT2D eigenvalue weighted by Crippen LogP contribution is -2.61. The van der Waals surface area contributed by atoms with Gasteiger partial charge in [-0.3, -0.25) is 14.4 Å². The van der Waals surface area contributed by atoms with Crippen molar-refractivity contribution in [2.45, 2.75) is 89.8 Å². The van der Waals surface area contributed by atoms with Crippen LogP contribution in [0.4, 0.5) is 0 Å². The lowest BCUT2D eigenvalue weighted by atomic mass is 9.95. The molecule has 5 atom stereocenters. The Morgan fingerprint density at radius 1 is 0.775 bits per heavy atom. The Labute approximate surface area is 241 Å². The van der Waals surface area contributed by atoms with Gasteiger partial charge in [-0.25, -0.2) is 0 Å². The number of carbonyl (C=O) groups excluding carboxylic acids is 3. The van der Waals surface area contributed by atoms with Gasteiger partial charge in [-0.05, 0) is 59.2 Å². The molecule has 0 saturated carbocycles. The Kier molecular flexibility index (Phi) is 10.8. The van der Waals surface area contributed by atoms with Crippen molar-refractivity contribution in [3.05, 3.63) is 66.2 Å². The van der Waals surface area contributed by atoms with Gasteiger partial charge in [0.1, 0.15) is 24.3 Å². The molecule has 0 N–H and O–H groups in total. The average molecular weight is 573 g/mol. The van der Waals surface area contributed by atoms with Gasteiger partial charge in [-0.15, -0.1) is 0 Å². The van der Waals surface area contributed by atoms with E-state index in [1.54, 1.807) is 41.5 Å². The molecule has 0 bridgehead atoms. The van der Waals surface area contributed by atoms with Gasteiger partial charge in [0.05, 0.1) is 17.4 Å². The Bertz CT molecular complexity index is 1120. The second-order valence-electron chi connectivity index (χ2n) is 11.8. The van der Waals surface area contributed by atoms with Crippen molar-refractivity contribution in [1.82, 2.24) is 0 Å². The predicted molar refractivity (Wildman–Crippen MR) is 151 cm³/mol. The Morgan fingerprint density at radius 2 is 1.35 bits per heavy atom. The maximum absolute atomic E-state index is 13.2. The molecule has 218 valence electrons. The van der Waals surface area contributed by atoms with E-state index in [1.165, 1.54) is 18.7 Å². The van der Waals surface area contributed by atoms with Crippen LogP contribution in [0.25, 0.3) is 0 Å². The van der Waals surface area contributed by atoms with Gasteiger partial charge in [0.25, 0.3) is 0 Å². The van der Waals surface area contributed by atoms with Crippen molar-refractivity contribution in [1.29, 1.82) is 0 Å². The van der Waals surface area contributed by atoms with Crippen LogP contribution in [0.5, 0.6) is 0 Å². The summed E-state index contributed by atoms with van der Waals surface area (Å²) in [7, 11) is 0. The van der Waals surface area contributed by atoms with Gasteiger partial charge in [-0.2, -0.15) is 0 Å². The molecule has 40 heavy (non-hydrogen) atoms. The summed E-state index contributed by atoms with van der Waals surface area (Å²) in [6, 6.07) is 19.1. The first-order valence-corrected chi connectivity index (χ1v) is 14.2. The highest BCUT2D eigenvalue weighted by molar-refractivity contribution is 7.99. The molecule has 8 nitrogen and oxygen atoms in total. The summed E-state index contributed by atoms with van der Waals surface area (Å²) in [4.78, 5) is 39.0. The third-order valence-corrected chi connectivity index (χ3v) is 7.18. The van der Waals surface area contributed by atoms with Crippen LogP contribution in [0.2, 0.25) is 0 Å². The SMILES string of the molecule is CC(=O)O[C@H]1[C@H](OCc2ccccc2)[C@@H](OC(=O)C(C)(C)C)[C@H](Sc2ccccc2)O[C@@H]1COC(=O)C(C)(C)C. The number of hydrogen-bond donors (Lipinski definition) is 0. The van der Waals surface area contributed by atoms with Gasteiger partial charge >= 0.3 is 17.9 Å². The number of benzene rings is 2. The maximum Gasteiger partial charge on any atom is 0.311 e. The zero-order valence-corrected chi connectivity index (χ0v) is 25.1. The third kappa shape index (κ3) is 9.08. The fraction of sp³-hybridized carbons (Fsp3) is 0.516. The van der Waals surface area contributed by atoms with Gasteiger partial charge < -0.3 is 23.7 Å². The van der Waals surface area contributed by atoms with Crippen molar-refractivity contribution < 1.29 is 38.1 Å². The molecule has 1 fully saturated rings. The third-order valence-electron chi connectivity index (χ3n) is 6.02. The van der Waals surface area contributed by atoms with Gasteiger partial charge in [0, 0.05) is 11.8 Å². The summed E-state index contributed by atoms with van der Waals surface area (Å²) >= 11 is 1.35. The highest BCUT2D eigenvalue weighted by Gasteiger charge is 2.52. The summed E-state index contributed by atoms with van der Waals surface area (Å²) in [6.45, 7) is 11.8. The maximum atomic E-state index is 13.2. The van der Waals surface area contributed by atoms with Gasteiger partial charge in [0.2, 0.25) is 0 Å². The van der Waals surface area contributed by atoms with Gasteiger partial charge in [-0.1, -0.05) is 60.3 Å². The number of hydrogen-bond acceptors (Lipinski definition) is 9. The zero-order chi connectivity index (χ0) is 29.5. The van der Waals surface area contributed by atoms with Crippen LogP contribution in [0.1, 0.15) is 54.0 Å². The van der Waals surface area contributed by atoms with Crippen LogP contribution >= 0.6 is 11.8 Å². The van der Waals surface area contributed by atoms with Crippen molar-refractivity contribution in [2.75, 3.05) is 6.61 Å². The molecule has 0 aromatic heterocycles. The van der Waals surface area contributed by atoms with Gasteiger partial charge in [0.15, 0.2) is 12.2 Å². The number of ether oxygens (including phenoxy) is 5. The summed E-state index contributed by atoms with van der Waals surface area (Å²) in [6.07, 6.45) is -3.75. The van der Waals surface area contributed by atoms with E-state index in [-0.39, 0.29) is 13.2 Å². The van der Waals surface area contributed by atoms with E-state index in [2.05, 4.69) is 0 Å². The monoisotopic (exact) mass is 572 g/mol. The highest BCUT2D eigenvalue weighted by Crippen LogP contribution is 2.38. The van der Waals surface area contributed by atoms with Crippen molar-refractivity contribution >= 4 is 29.7 Å². The second-order valence-corrected chi connectivity index (χ2v) is 12.9. The minimum atomic E-state index is -1.01. The van der Waals surface area contributed by atoms with Crippen LogP contribution in [-0.4, -0.2) is 54.4 Å². The van der Waals surface area contributed by atoms with Crippen LogP contribution in [-0.2, 0) is 44.7 Å². The lowest BCUT2D eigenvalue weighted by molar-refractivity contribution is -0.245. The van der Waals surface area contributed by atoms with E-state index in [9.17, 15) is 14.4 Å². The van der Waals surface area contributed by atoms with Crippen molar-refractivity contribution in [3.63, 3.8) is 0 Å². The number of esters is 3.